The quantitative estimate of drug-likeness (QED) is 0.0268. The molecule has 630 valence electrons. The van der Waals surface area contributed by atoms with Gasteiger partial charge in [-0.2, -0.15) is 15.2 Å². The predicted molar refractivity (Wildman–Crippen MR) is 442 cm³/mol. The Balaban J connectivity index is 0.000000152. The SMILES string of the molecule is C[C@@H]1[C@@H](NC(=O)[C@@H]2[C@H]([C@H](C)O)[C@H](CO)ON2Cc2cccc(-c3cccc(C(=O)O)c3)c2)C[C@H]2C[C@@H]1C2(C)C.C[C@@H]1[C@@H](NC(=O)[C@@H]2[C@H]([C@H](C)O)[C@H](CO)ON2Cc2cccc(-c3cccc(C(N)=O)c3)c2)C[C@H]2C[C@@H]1C2(C)C.C[C@@H]1[C@@H](NC(=O)[C@@H]2[C@H]([C@H](C)O)[C@H](CO)ON2Cc2cccc(-c3cccc(C(N)=O)c3)c2)C[C@H]2C[C@@H]1C2(C)C. The van der Waals surface area contributed by atoms with E-state index in [1.807, 2.05) is 91.0 Å². The molecule has 12 aliphatic rings. The van der Waals surface area contributed by atoms with Crippen molar-refractivity contribution in [3.05, 3.63) is 179 Å². The zero-order valence-electron chi connectivity index (χ0n) is 69.5. The van der Waals surface area contributed by atoms with Crippen LogP contribution in [-0.4, -0.2) is 179 Å². The van der Waals surface area contributed by atoms with Crippen LogP contribution in [0.2, 0.25) is 0 Å². The van der Waals surface area contributed by atoms with E-state index in [1.54, 1.807) is 90.6 Å². The second kappa shape index (κ2) is 35.2. The van der Waals surface area contributed by atoms with Crippen LogP contribution >= 0.6 is 0 Å². The van der Waals surface area contributed by atoms with Crippen molar-refractivity contribution >= 4 is 35.5 Å². The third-order valence-electron chi connectivity index (χ3n) is 29.4. The van der Waals surface area contributed by atoms with Crippen LogP contribution < -0.4 is 27.4 Å². The summed E-state index contributed by atoms with van der Waals surface area (Å²) in [6, 6.07) is 42.3. The average molecular weight is 1610 g/mol. The number of aromatic carboxylic acids is 1. The molecule has 0 radical (unpaired) electrons. The van der Waals surface area contributed by atoms with Crippen molar-refractivity contribution in [1.29, 1.82) is 0 Å². The number of hydrogen-bond acceptors (Lipinski definition) is 18. The maximum absolute atomic E-state index is 13.8. The van der Waals surface area contributed by atoms with Crippen LogP contribution in [-0.2, 0) is 48.5 Å². The minimum Gasteiger partial charge on any atom is -0.478 e. The second-order valence-corrected chi connectivity index (χ2v) is 37.1. The number of benzene rings is 6. The summed E-state index contributed by atoms with van der Waals surface area (Å²) < 4.78 is 0. The number of rotatable bonds is 24. The molecule has 24 heteroatoms. The molecule has 14 N–H and O–H groups in total. The van der Waals surface area contributed by atoms with Crippen molar-refractivity contribution in [2.45, 2.75) is 214 Å². The summed E-state index contributed by atoms with van der Waals surface area (Å²) in [7, 11) is 0. The summed E-state index contributed by atoms with van der Waals surface area (Å²) in [5.74, 6) is 0.458. The monoisotopic (exact) mass is 1610 g/mol. The highest BCUT2D eigenvalue weighted by Gasteiger charge is 2.61. The van der Waals surface area contributed by atoms with Crippen molar-refractivity contribution in [1.82, 2.24) is 31.1 Å². The smallest absolute Gasteiger partial charge is 0.335 e. The van der Waals surface area contributed by atoms with Crippen LogP contribution in [0.4, 0.5) is 0 Å². The first kappa shape index (κ1) is 86.5. The minimum absolute atomic E-state index is 0.0730. The van der Waals surface area contributed by atoms with Gasteiger partial charge in [-0.3, -0.25) is 38.5 Å². The van der Waals surface area contributed by atoms with Crippen LogP contribution in [0.1, 0.15) is 169 Å². The lowest BCUT2D eigenvalue weighted by atomic mass is 9.45. The first-order valence-electron chi connectivity index (χ1n) is 42.0. The average Bonchev–Trinajstić information content (AvgIpc) is 1.12. The van der Waals surface area contributed by atoms with Gasteiger partial charge in [-0.25, -0.2) is 4.79 Å². The molecule has 0 unspecified atom stereocenters. The molecular weight excluding hydrogens is 1490 g/mol. The Kier molecular flexibility index (Phi) is 26.0. The number of aliphatic hydroxyl groups excluding tert-OH is 6. The van der Waals surface area contributed by atoms with E-state index in [0.29, 0.717) is 93.7 Å². The number of fused-ring (bicyclic) bond motifs is 6. The summed E-state index contributed by atoms with van der Waals surface area (Å²) in [6.45, 7) is 25.6. The minimum atomic E-state index is -0.986. The Labute approximate surface area is 687 Å². The molecule has 3 aliphatic heterocycles. The van der Waals surface area contributed by atoms with Crippen LogP contribution in [0.15, 0.2) is 146 Å². The Bertz CT molecular complexity index is 4140. The van der Waals surface area contributed by atoms with Gasteiger partial charge in [-0.1, -0.05) is 153 Å². The molecule has 24 atom stereocenters. The van der Waals surface area contributed by atoms with Crippen LogP contribution in [0.5, 0.6) is 0 Å². The molecule has 0 aromatic heterocycles. The highest BCUT2D eigenvalue weighted by atomic mass is 16.7. The molecule has 6 aromatic rings. The topological polar surface area (TPSA) is 370 Å². The highest BCUT2D eigenvalue weighted by molar-refractivity contribution is 5.95. The third kappa shape index (κ3) is 17.6. The molecule has 3 heterocycles. The summed E-state index contributed by atoms with van der Waals surface area (Å²) in [5, 5.41) is 86.3. The fourth-order valence-electron chi connectivity index (χ4n) is 22.1. The molecular formula is C93H122N8O16. The number of carboxylic acid groups (broad SMARTS) is 1. The summed E-state index contributed by atoms with van der Waals surface area (Å²) in [6.07, 6.45) is 1.90. The Hall–Kier alpha value is -8.34. The van der Waals surface area contributed by atoms with Gasteiger partial charge in [0.05, 0.1) is 63.3 Å². The molecule has 9 saturated carbocycles. The van der Waals surface area contributed by atoms with Crippen molar-refractivity contribution in [2.24, 2.45) is 98.7 Å². The number of amides is 5. The van der Waals surface area contributed by atoms with Crippen LogP contribution in [0.25, 0.3) is 33.4 Å². The van der Waals surface area contributed by atoms with Gasteiger partial charge in [0.1, 0.15) is 36.4 Å². The molecule has 6 aromatic carbocycles. The lowest BCUT2D eigenvalue weighted by Crippen LogP contribution is -2.62. The molecule has 3 saturated heterocycles. The fraction of sp³-hybridized carbons (Fsp3) is 0.548. The van der Waals surface area contributed by atoms with Gasteiger partial charge >= 0.3 is 5.97 Å². The fourth-order valence-corrected chi connectivity index (χ4v) is 22.1. The van der Waals surface area contributed by atoms with E-state index in [1.165, 1.54) is 19.3 Å². The first-order valence-corrected chi connectivity index (χ1v) is 42.0. The predicted octanol–water partition coefficient (Wildman–Crippen LogP) is 9.94. The Morgan fingerprint density at radius 3 is 0.880 bits per heavy atom. The van der Waals surface area contributed by atoms with Gasteiger partial charge in [0.25, 0.3) is 0 Å². The zero-order chi connectivity index (χ0) is 84.2. The number of primary amides is 2. The van der Waals surface area contributed by atoms with E-state index >= 15 is 0 Å². The van der Waals surface area contributed by atoms with Gasteiger partial charge in [0, 0.05) is 47.0 Å². The number of nitrogens with one attached hydrogen (secondary N) is 3. The molecule has 5 amide bonds. The van der Waals surface area contributed by atoms with Crippen LogP contribution in [0.3, 0.4) is 0 Å². The van der Waals surface area contributed by atoms with Crippen LogP contribution in [0, 0.1) is 87.3 Å². The maximum atomic E-state index is 13.8. The zero-order valence-corrected chi connectivity index (χ0v) is 69.5. The second-order valence-electron chi connectivity index (χ2n) is 37.1. The number of hydrogen-bond donors (Lipinski definition) is 12. The van der Waals surface area contributed by atoms with Crippen molar-refractivity contribution in [3.8, 4) is 33.4 Å². The summed E-state index contributed by atoms with van der Waals surface area (Å²) in [5.41, 5.74) is 20.7. The van der Waals surface area contributed by atoms with E-state index in [2.05, 4.69) is 78.3 Å². The van der Waals surface area contributed by atoms with E-state index in [4.69, 9.17) is 26.0 Å². The van der Waals surface area contributed by atoms with E-state index in [0.717, 1.165) is 69.3 Å². The maximum Gasteiger partial charge on any atom is 0.335 e. The molecule has 0 spiro atoms. The number of hydroxylamine groups is 6. The molecule has 12 fully saturated rings. The molecule has 117 heavy (non-hydrogen) atoms. The molecule has 18 rings (SSSR count). The first-order chi connectivity index (χ1) is 55.5. The van der Waals surface area contributed by atoms with Gasteiger partial charge < -0.3 is 63.2 Å². The summed E-state index contributed by atoms with van der Waals surface area (Å²) >= 11 is 0. The number of carbonyl (C=O) groups is 6. The number of carbonyl (C=O) groups excluding carboxylic acids is 5. The third-order valence-corrected chi connectivity index (χ3v) is 29.4. The van der Waals surface area contributed by atoms with Crippen molar-refractivity contribution in [3.63, 3.8) is 0 Å². The molecule has 9 aliphatic carbocycles. The van der Waals surface area contributed by atoms with Crippen molar-refractivity contribution in [2.75, 3.05) is 19.8 Å². The van der Waals surface area contributed by atoms with E-state index in [9.17, 15) is 64.5 Å². The molecule has 6 bridgehead atoms. The lowest BCUT2D eigenvalue weighted by molar-refractivity contribution is -0.183. The van der Waals surface area contributed by atoms with Gasteiger partial charge in [0.15, 0.2) is 0 Å². The van der Waals surface area contributed by atoms with Crippen molar-refractivity contribution < 1.29 is 79.0 Å². The Morgan fingerprint density at radius 1 is 0.402 bits per heavy atom. The van der Waals surface area contributed by atoms with Gasteiger partial charge in [-0.15, -0.1) is 0 Å². The number of carboxylic acids is 1. The van der Waals surface area contributed by atoms with Gasteiger partial charge in [0.2, 0.25) is 29.5 Å². The normalized spacial score (nSPS) is 32.3. The van der Waals surface area contributed by atoms with Gasteiger partial charge in [-0.05, 0) is 233 Å². The number of nitrogens with zero attached hydrogens (tertiary/aromatic N) is 3. The summed E-state index contributed by atoms with van der Waals surface area (Å²) in [4.78, 5) is 94.5. The molecule has 24 nitrogen and oxygen atoms in total. The highest BCUT2D eigenvalue weighted by Crippen LogP contribution is 2.63. The van der Waals surface area contributed by atoms with E-state index < -0.39 is 90.3 Å². The standard InChI is InChI=1S/2C31H41N3O5.C31H40N2O6/c2*1-17-24-13-23(31(24,3)4)14-25(17)33-30(38)28-27(18(2)36)26(16-35)39-34(28)15-19-7-5-8-20(11-19)21-9-6-10-22(12-21)29(32)37;1-17-24-13-23(31(24,3)4)14-25(17)32-29(36)28-27(18(2)35)26(16-34)39-33(28)15-19-7-5-8-20(11-19)21-9-6-10-22(12-21)30(37)38/h2*5-12,17-18,23-28,35-36H,13-16H2,1-4H3,(H2,32,37)(H,33,38);5-12,17-18,23-28,34-35H,13-16H2,1-4H3,(H,32,36)(H,37,38)/t3*17-,18-,23+,24-,25-,26-,27+,28-/m000/s1. The lowest BCUT2D eigenvalue weighted by Gasteiger charge is -2.62. The number of aliphatic hydroxyl groups is 6. The Morgan fingerprint density at radius 2 is 0.650 bits per heavy atom. The largest absolute Gasteiger partial charge is 0.478 e. The number of nitrogens with two attached hydrogens (primary N) is 2. The van der Waals surface area contributed by atoms with E-state index in [-0.39, 0.29) is 67.8 Å².